The van der Waals surface area contributed by atoms with E-state index in [1.165, 1.54) is 17.7 Å². The van der Waals surface area contributed by atoms with Crippen LogP contribution in [0.1, 0.15) is 32.3 Å². The van der Waals surface area contributed by atoms with Crippen LogP contribution in [0.5, 0.6) is 0 Å². The van der Waals surface area contributed by atoms with Crippen LogP contribution in [0.4, 0.5) is 15.1 Å². The minimum absolute atomic E-state index is 0.0149. The molecule has 2 saturated heterocycles. The van der Waals surface area contributed by atoms with Gasteiger partial charge in [-0.25, -0.2) is 19.2 Å². The number of carbonyl (C=O) groups is 1. The molecule has 1 N–H and O–H groups in total. The van der Waals surface area contributed by atoms with E-state index >= 15 is 0 Å². The largest absolute Gasteiger partial charge is 0.337 e. The highest BCUT2D eigenvalue weighted by molar-refractivity contribution is 5.79. The molecular formula is C27H33FN6O. The van der Waals surface area contributed by atoms with Crippen molar-refractivity contribution in [2.45, 2.75) is 51.4 Å². The molecule has 8 heteroatoms. The van der Waals surface area contributed by atoms with E-state index in [9.17, 15) is 9.18 Å². The van der Waals surface area contributed by atoms with Gasteiger partial charge in [-0.05, 0) is 50.5 Å². The maximum Gasteiger partial charge on any atom is 0.318 e. The lowest BCUT2D eigenvalue weighted by Crippen LogP contribution is -2.62. The highest BCUT2D eigenvalue weighted by atomic mass is 19.1. The lowest BCUT2D eigenvalue weighted by atomic mass is 10.0. The number of benzene rings is 2. The van der Waals surface area contributed by atoms with Crippen LogP contribution in [0.15, 0.2) is 54.7 Å². The Balaban J connectivity index is 1.15. The number of nitrogens with zero attached hydrogens (tertiary/aromatic N) is 5. The number of piperidine rings is 1. The number of likely N-dealkylation sites (tertiary alicyclic amines) is 1. The lowest BCUT2D eigenvalue weighted by Gasteiger charge is -2.45. The molecule has 1 aromatic heterocycles. The van der Waals surface area contributed by atoms with Gasteiger partial charge in [0.2, 0.25) is 5.95 Å². The van der Waals surface area contributed by atoms with Crippen LogP contribution in [-0.2, 0) is 6.54 Å². The molecule has 7 nitrogen and oxygen atoms in total. The topological polar surface area (TPSA) is 64.6 Å². The molecule has 2 fully saturated rings. The van der Waals surface area contributed by atoms with Gasteiger partial charge in [0.05, 0.1) is 5.52 Å². The number of piperazine rings is 1. The molecule has 35 heavy (non-hydrogen) atoms. The van der Waals surface area contributed by atoms with Crippen molar-refractivity contribution < 1.29 is 9.18 Å². The number of anilines is 1. The van der Waals surface area contributed by atoms with E-state index in [1.54, 1.807) is 12.3 Å². The summed E-state index contributed by atoms with van der Waals surface area (Å²) >= 11 is 0. The Morgan fingerprint density at radius 3 is 2.49 bits per heavy atom. The summed E-state index contributed by atoms with van der Waals surface area (Å²) < 4.78 is 13.5. The maximum absolute atomic E-state index is 13.5. The molecule has 2 aliphatic rings. The Morgan fingerprint density at radius 1 is 1.06 bits per heavy atom. The van der Waals surface area contributed by atoms with E-state index in [4.69, 9.17) is 0 Å². The summed E-state index contributed by atoms with van der Waals surface area (Å²) in [6, 6.07) is 15.3. The van der Waals surface area contributed by atoms with Gasteiger partial charge in [0, 0.05) is 62.4 Å². The molecular weight excluding hydrogens is 443 g/mol. The average Bonchev–Trinajstić information content (AvgIpc) is 2.85. The number of hydrogen-bond acceptors (Lipinski definition) is 5. The van der Waals surface area contributed by atoms with Crippen molar-refractivity contribution >= 4 is 22.9 Å². The first kappa shape index (κ1) is 23.5. The van der Waals surface area contributed by atoms with Crippen molar-refractivity contribution in [3.63, 3.8) is 0 Å². The van der Waals surface area contributed by atoms with Gasteiger partial charge in [-0.15, -0.1) is 0 Å². The number of aromatic nitrogens is 2. The molecule has 2 atom stereocenters. The molecule has 0 aliphatic carbocycles. The van der Waals surface area contributed by atoms with Gasteiger partial charge >= 0.3 is 6.03 Å². The third-order valence-electron chi connectivity index (χ3n) is 7.13. The van der Waals surface area contributed by atoms with Crippen LogP contribution < -0.4 is 10.2 Å². The standard InChI is InChI=1S/C27H33FN6O/c1-19-16-33(26-29-15-22-14-23(28)8-9-25(22)31-26)17-20(2)34(19)27(35)30-24-10-12-32(13-11-24)18-21-6-4-3-5-7-21/h3-9,14-15,19-20,24H,10-13,16-18H2,1-2H3,(H,30,35)/t19-,20+. The SMILES string of the molecule is C[C@@H]1CN(c2ncc3cc(F)ccc3n2)C[C@H](C)N1C(=O)NC1CCN(Cc2ccccc2)CC1. The van der Waals surface area contributed by atoms with Gasteiger partial charge in [-0.2, -0.15) is 0 Å². The summed E-state index contributed by atoms with van der Waals surface area (Å²) in [7, 11) is 0. The fourth-order valence-electron chi connectivity index (χ4n) is 5.36. The number of rotatable bonds is 4. The van der Waals surface area contributed by atoms with E-state index in [0.29, 0.717) is 24.4 Å². The summed E-state index contributed by atoms with van der Waals surface area (Å²) in [5.41, 5.74) is 2.05. The average molecular weight is 477 g/mol. The van der Waals surface area contributed by atoms with E-state index in [-0.39, 0.29) is 30.0 Å². The summed E-state index contributed by atoms with van der Waals surface area (Å²) in [6.45, 7) is 8.38. The van der Waals surface area contributed by atoms with Crippen molar-refractivity contribution in [2.24, 2.45) is 0 Å². The molecule has 0 bridgehead atoms. The zero-order chi connectivity index (χ0) is 24.4. The monoisotopic (exact) mass is 476 g/mol. The van der Waals surface area contributed by atoms with Crippen molar-refractivity contribution in [3.8, 4) is 0 Å². The van der Waals surface area contributed by atoms with Crippen LogP contribution in [-0.4, -0.2) is 70.1 Å². The predicted molar refractivity (Wildman–Crippen MR) is 136 cm³/mol. The molecule has 0 unspecified atom stereocenters. The number of urea groups is 1. The molecule has 2 aromatic carbocycles. The highest BCUT2D eigenvalue weighted by Gasteiger charge is 2.35. The van der Waals surface area contributed by atoms with Gasteiger partial charge in [0.1, 0.15) is 5.82 Å². The minimum atomic E-state index is -0.294. The number of carbonyl (C=O) groups excluding carboxylic acids is 1. The van der Waals surface area contributed by atoms with Crippen molar-refractivity contribution in [2.75, 3.05) is 31.1 Å². The molecule has 2 aliphatic heterocycles. The highest BCUT2D eigenvalue weighted by Crippen LogP contribution is 2.23. The molecule has 3 heterocycles. The van der Waals surface area contributed by atoms with E-state index in [1.807, 2.05) is 11.0 Å². The van der Waals surface area contributed by atoms with E-state index < -0.39 is 0 Å². The lowest BCUT2D eigenvalue weighted by molar-refractivity contribution is 0.130. The van der Waals surface area contributed by atoms with Crippen LogP contribution in [0.2, 0.25) is 0 Å². The van der Waals surface area contributed by atoms with Crippen LogP contribution in [0, 0.1) is 5.82 Å². The third-order valence-corrected chi connectivity index (χ3v) is 7.13. The van der Waals surface area contributed by atoms with Crippen LogP contribution in [0.3, 0.4) is 0 Å². The number of fused-ring (bicyclic) bond motifs is 1. The van der Waals surface area contributed by atoms with Crippen molar-refractivity contribution in [3.05, 3.63) is 66.1 Å². The molecule has 184 valence electrons. The Kier molecular flexibility index (Phi) is 6.81. The van der Waals surface area contributed by atoms with E-state index in [2.05, 4.69) is 63.2 Å². The molecule has 2 amide bonds. The van der Waals surface area contributed by atoms with Gasteiger partial charge in [-0.3, -0.25) is 4.90 Å². The maximum atomic E-state index is 13.5. The van der Waals surface area contributed by atoms with E-state index in [0.717, 1.165) is 38.0 Å². The number of halogens is 1. The quantitative estimate of drug-likeness (QED) is 0.616. The molecule has 0 spiro atoms. The smallest absolute Gasteiger partial charge is 0.318 e. The van der Waals surface area contributed by atoms with Gasteiger partial charge in [0.15, 0.2) is 0 Å². The summed E-state index contributed by atoms with van der Waals surface area (Å²) in [6.07, 6.45) is 3.60. The molecule has 5 rings (SSSR count). The Morgan fingerprint density at radius 2 is 1.77 bits per heavy atom. The first-order chi connectivity index (χ1) is 17.0. The number of amides is 2. The van der Waals surface area contributed by atoms with Crippen LogP contribution in [0.25, 0.3) is 10.9 Å². The Bertz CT molecular complexity index is 1150. The minimum Gasteiger partial charge on any atom is -0.337 e. The number of nitrogens with one attached hydrogen (secondary N) is 1. The van der Waals surface area contributed by atoms with Crippen molar-refractivity contribution in [1.29, 1.82) is 0 Å². The first-order valence-electron chi connectivity index (χ1n) is 12.5. The second-order valence-corrected chi connectivity index (χ2v) is 9.87. The summed E-state index contributed by atoms with van der Waals surface area (Å²) in [5, 5.41) is 3.98. The second-order valence-electron chi connectivity index (χ2n) is 9.87. The normalized spacial score (nSPS) is 21.9. The summed E-state index contributed by atoms with van der Waals surface area (Å²) in [5.74, 6) is 0.325. The molecule has 0 radical (unpaired) electrons. The van der Waals surface area contributed by atoms with Gasteiger partial charge < -0.3 is 15.1 Å². The summed E-state index contributed by atoms with van der Waals surface area (Å²) in [4.78, 5) is 28.9. The van der Waals surface area contributed by atoms with Gasteiger partial charge in [-0.1, -0.05) is 30.3 Å². The van der Waals surface area contributed by atoms with Crippen LogP contribution >= 0.6 is 0 Å². The zero-order valence-corrected chi connectivity index (χ0v) is 20.4. The number of hydrogen-bond donors (Lipinski definition) is 1. The third kappa shape index (κ3) is 5.37. The fraction of sp³-hybridized carbons (Fsp3) is 0.444. The fourth-order valence-corrected chi connectivity index (χ4v) is 5.36. The zero-order valence-electron chi connectivity index (χ0n) is 20.4. The predicted octanol–water partition coefficient (Wildman–Crippen LogP) is 4.04. The Hall–Kier alpha value is -3.26. The Labute approximate surface area is 205 Å². The molecule has 0 saturated carbocycles. The second kappa shape index (κ2) is 10.2. The van der Waals surface area contributed by atoms with Crippen molar-refractivity contribution in [1.82, 2.24) is 25.1 Å². The first-order valence-corrected chi connectivity index (χ1v) is 12.5. The molecule has 3 aromatic rings. The van der Waals surface area contributed by atoms with Gasteiger partial charge in [0.25, 0.3) is 0 Å².